The van der Waals surface area contributed by atoms with E-state index in [0.29, 0.717) is 11.4 Å². The Morgan fingerprint density at radius 3 is 2.41 bits per heavy atom. The number of nitro groups is 1. The molecule has 1 aliphatic rings. The highest BCUT2D eigenvalue weighted by atomic mass is 16.6. The third kappa shape index (κ3) is 4.94. The van der Waals surface area contributed by atoms with Crippen LogP contribution in [0.1, 0.15) is 0 Å². The minimum absolute atomic E-state index is 0.105. The number of non-ortho nitro benzene ring substituents is 1. The number of nitrogens with one attached hydrogen (secondary N) is 1. The summed E-state index contributed by atoms with van der Waals surface area (Å²) in [5, 5.41) is 13.7. The van der Waals surface area contributed by atoms with Gasteiger partial charge in [-0.05, 0) is 18.2 Å². The van der Waals surface area contributed by atoms with Crippen LogP contribution >= 0.6 is 0 Å². The lowest BCUT2D eigenvalue weighted by molar-refractivity contribution is -0.384. The Hall–Kier alpha value is -3.33. The number of amides is 1. The molecule has 1 aliphatic heterocycles. The van der Waals surface area contributed by atoms with Crippen LogP contribution < -0.4 is 19.7 Å². The van der Waals surface area contributed by atoms with E-state index < -0.39 is 4.92 Å². The number of piperazine rings is 1. The van der Waals surface area contributed by atoms with Crippen molar-refractivity contribution in [2.24, 2.45) is 0 Å². The summed E-state index contributed by atoms with van der Waals surface area (Å²) in [6.07, 6.45) is 0. The van der Waals surface area contributed by atoms with Crippen molar-refractivity contribution >= 4 is 23.0 Å². The third-order valence-corrected chi connectivity index (χ3v) is 4.83. The van der Waals surface area contributed by atoms with E-state index in [1.807, 2.05) is 29.2 Å². The lowest BCUT2D eigenvalue weighted by Gasteiger charge is -2.36. The van der Waals surface area contributed by atoms with Crippen molar-refractivity contribution in [3.8, 4) is 11.5 Å². The molecule has 0 saturated carbocycles. The van der Waals surface area contributed by atoms with E-state index in [-0.39, 0.29) is 18.1 Å². The Bertz CT molecular complexity index is 881. The SMILES string of the molecule is COc1ccc([N+](=O)[O-])cc1NC(=O)CN1CCN(c2ccccc2OC)CC1. The van der Waals surface area contributed by atoms with Gasteiger partial charge in [0.2, 0.25) is 5.91 Å². The maximum absolute atomic E-state index is 12.5. The number of hydrogen-bond donors (Lipinski definition) is 1. The molecule has 0 atom stereocenters. The Kier molecular flexibility index (Phi) is 6.50. The predicted octanol–water partition coefficient (Wildman–Crippen LogP) is 2.37. The van der Waals surface area contributed by atoms with Crippen molar-refractivity contribution in [2.45, 2.75) is 0 Å². The zero-order valence-corrected chi connectivity index (χ0v) is 16.5. The fraction of sp³-hybridized carbons (Fsp3) is 0.350. The monoisotopic (exact) mass is 400 g/mol. The molecule has 0 radical (unpaired) electrons. The molecule has 9 heteroatoms. The maximum Gasteiger partial charge on any atom is 0.271 e. The number of para-hydroxylation sites is 2. The lowest BCUT2D eigenvalue weighted by atomic mass is 10.2. The first-order valence-electron chi connectivity index (χ1n) is 9.24. The number of anilines is 2. The summed E-state index contributed by atoms with van der Waals surface area (Å²) >= 11 is 0. The molecule has 1 N–H and O–H groups in total. The normalized spacial score (nSPS) is 14.3. The Morgan fingerprint density at radius 1 is 1.07 bits per heavy atom. The molecule has 9 nitrogen and oxygen atoms in total. The molecule has 1 fully saturated rings. The van der Waals surface area contributed by atoms with Gasteiger partial charge in [-0.2, -0.15) is 0 Å². The molecule has 0 unspecified atom stereocenters. The molecular formula is C20H24N4O5. The highest BCUT2D eigenvalue weighted by Crippen LogP contribution is 2.30. The minimum Gasteiger partial charge on any atom is -0.495 e. The smallest absolute Gasteiger partial charge is 0.271 e. The van der Waals surface area contributed by atoms with Crippen molar-refractivity contribution in [3.63, 3.8) is 0 Å². The van der Waals surface area contributed by atoms with Gasteiger partial charge < -0.3 is 19.7 Å². The molecule has 0 bridgehead atoms. The maximum atomic E-state index is 12.5. The number of rotatable bonds is 7. The molecule has 3 rings (SSSR count). The molecule has 1 amide bonds. The van der Waals surface area contributed by atoms with Crippen LogP contribution in [-0.4, -0.2) is 62.7 Å². The van der Waals surface area contributed by atoms with Crippen LogP contribution in [0.25, 0.3) is 0 Å². The zero-order valence-electron chi connectivity index (χ0n) is 16.5. The van der Waals surface area contributed by atoms with Gasteiger partial charge in [0.05, 0.1) is 37.1 Å². The average molecular weight is 400 g/mol. The first-order chi connectivity index (χ1) is 14.0. The number of nitro benzene ring substituents is 1. The molecule has 2 aromatic rings. The highest BCUT2D eigenvalue weighted by Gasteiger charge is 2.22. The molecule has 154 valence electrons. The highest BCUT2D eigenvalue weighted by molar-refractivity contribution is 5.94. The second kappa shape index (κ2) is 9.24. The number of nitrogens with zero attached hydrogens (tertiary/aromatic N) is 3. The van der Waals surface area contributed by atoms with Crippen LogP contribution in [-0.2, 0) is 4.79 Å². The first-order valence-corrected chi connectivity index (χ1v) is 9.24. The van der Waals surface area contributed by atoms with Gasteiger partial charge >= 0.3 is 0 Å². The van der Waals surface area contributed by atoms with Gasteiger partial charge in [0, 0.05) is 38.3 Å². The van der Waals surface area contributed by atoms with Crippen LogP contribution in [0.15, 0.2) is 42.5 Å². The second-order valence-corrected chi connectivity index (χ2v) is 6.62. The number of carbonyl (C=O) groups excluding carboxylic acids is 1. The van der Waals surface area contributed by atoms with Gasteiger partial charge in [0.1, 0.15) is 11.5 Å². The van der Waals surface area contributed by atoms with Crippen LogP contribution in [0.5, 0.6) is 11.5 Å². The average Bonchev–Trinajstić information content (AvgIpc) is 2.74. The van der Waals surface area contributed by atoms with Crippen molar-refractivity contribution < 1.29 is 19.2 Å². The van der Waals surface area contributed by atoms with Crippen LogP contribution in [0.4, 0.5) is 17.1 Å². The van der Waals surface area contributed by atoms with Crippen LogP contribution in [0.3, 0.4) is 0 Å². The molecule has 0 aliphatic carbocycles. The summed E-state index contributed by atoms with van der Waals surface area (Å²) in [7, 11) is 3.11. The molecule has 0 spiro atoms. The summed E-state index contributed by atoms with van der Waals surface area (Å²) in [5.41, 5.74) is 1.23. The topological polar surface area (TPSA) is 97.2 Å². The number of methoxy groups -OCH3 is 2. The largest absolute Gasteiger partial charge is 0.495 e. The quantitative estimate of drug-likeness (QED) is 0.563. The van der Waals surface area contributed by atoms with Gasteiger partial charge in [0.15, 0.2) is 0 Å². The first kappa shape index (κ1) is 20.4. The second-order valence-electron chi connectivity index (χ2n) is 6.62. The zero-order chi connectivity index (χ0) is 20.8. The number of ether oxygens (including phenoxy) is 2. The summed E-state index contributed by atoms with van der Waals surface area (Å²) < 4.78 is 10.6. The van der Waals surface area contributed by atoms with E-state index in [1.165, 1.54) is 25.3 Å². The Balaban J connectivity index is 1.58. The van der Waals surface area contributed by atoms with Crippen molar-refractivity contribution in [1.82, 2.24) is 4.90 Å². The molecule has 2 aromatic carbocycles. The van der Waals surface area contributed by atoms with E-state index in [1.54, 1.807) is 7.11 Å². The third-order valence-electron chi connectivity index (χ3n) is 4.83. The molecule has 0 aromatic heterocycles. The van der Waals surface area contributed by atoms with Crippen LogP contribution in [0.2, 0.25) is 0 Å². The van der Waals surface area contributed by atoms with Crippen molar-refractivity contribution in [1.29, 1.82) is 0 Å². The summed E-state index contributed by atoms with van der Waals surface area (Å²) in [6.45, 7) is 3.18. The van der Waals surface area contributed by atoms with Gasteiger partial charge in [0.25, 0.3) is 5.69 Å². The van der Waals surface area contributed by atoms with Crippen molar-refractivity contribution in [3.05, 3.63) is 52.6 Å². The predicted molar refractivity (Wildman–Crippen MR) is 110 cm³/mol. The number of hydrogen-bond acceptors (Lipinski definition) is 7. The fourth-order valence-electron chi connectivity index (χ4n) is 3.34. The molecular weight excluding hydrogens is 376 g/mol. The van der Waals surface area contributed by atoms with Gasteiger partial charge in [-0.3, -0.25) is 19.8 Å². The van der Waals surface area contributed by atoms with Gasteiger partial charge in [-0.15, -0.1) is 0 Å². The molecule has 29 heavy (non-hydrogen) atoms. The lowest BCUT2D eigenvalue weighted by Crippen LogP contribution is -2.48. The Morgan fingerprint density at radius 2 is 1.76 bits per heavy atom. The summed E-state index contributed by atoms with van der Waals surface area (Å²) in [6, 6.07) is 12.0. The van der Waals surface area contributed by atoms with Crippen molar-refractivity contribution in [2.75, 3.05) is 57.2 Å². The molecule has 1 saturated heterocycles. The number of carbonyl (C=O) groups is 1. The van der Waals surface area contributed by atoms with Gasteiger partial charge in [-0.25, -0.2) is 0 Å². The number of benzene rings is 2. The van der Waals surface area contributed by atoms with E-state index in [0.717, 1.165) is 37.6 Å². The minimum atomic E-state index is -0.508. The van der Waals surface area contributed by atoms with Gasteiger partial charge in [-0.1, -0.05) is 12.1 Å². The summed E-state index contributed by atoms with van der Waals surface area (Å²) in [5.74, 6) is 0.968. The Labute approximate surface area is 169 Å². The van der Waals surface area contributed by atoms with E-state index >= 15 is 0 Å². The summed E-state index contributed by atoms with van der Waals surface area (Å²) in [4.78, 5) is 27.2. The fourth-order valence-corrected chi connectivity index (χ4v) is 3.34. The molecule has 1 heterocycles. The standard InChI is InChI=1S/C20H24N4O5/c1-28-18-8-7-15(24(26)27)13-16(18)21-20(25)14-22-9-11-23(12-10-22)17-5-3-4-6-19(17)29-2/h3-8,13H,9-12,14H2,1-2H3,(H,21,25). The van der Waals surface area contributed by atoms with Crippen LogP contribution in [0, 0.1) is 10.1 Å². The van der Waals surface area contributed by atoms with E-state index in [4.69, 9.17) is 9.47 Å². The van der Waals surface area contributed by atoms with E-state index in [9.17, 15) is 14.9 Å². The van der Waals surface area contributed by atoms with E-state index in [2.05, 4.69) is 10.2 Å².